The molecule has 0 spiro atoms. The number of benzene rings is 3. The van der Waals surface area contributed by atoms with Gasteiger partial charge in [0.15, 0.2) is 0 Å². The number of fused-ring (bicyclic) bond motifs is 3. The maximum absolute atomic E-state index is 13.5. The Balaban J connectivity index is 1.78. The van der Waals surface area contributed by atoms with Crippen LogP contribution in [0.25, 0.3) is 10.8 Å². The molecule has 1 heterocycles. The van der Waals surface area contributed by atoms with Crippen LogP contribution in [0.15, 0.2) is 53.5 Å². The number of anilines is 1. The SMILES string of the molecule is Cc1cc2c(cc1C)NC(c1c(O)ccc3ccccc13)C1C(=O)CC(C)(C)CC1=N2. The number of Topliss-reactive ketones (excluding diaryl/α,β-unsaturated/α-hetero) is 1. The minimum atomic E-state index is -0.405. The first-order chi connectivity index (χ1) is 14.7. The summed E-state index contributed by atoms with van der Waals surface area (Å²) in [5.41, 5.74) is 5.69. The van der Waals surface area contributed by atoms with E-state index in [-0.39, 0.29) is 23.0 Å². The molecule has 1 aliphatic heterocycles. The second kappa shape index (κ2) is 6.94. The Morgan fingerprint density at radius 1 is 1.03 bits per heavy atom. The summed E-state index contributed by atoms with van der Waals surface area (Å²) in [7, 11) is 0. The van der Waals surface area contributed by atoms with Crippen molar-refractivity contribution in [3.05, 3.63) is 65.2 Å². The van der Waals surface area contributed by atoms with Gasteiger partial charge in [0.25, 0.3) is 0 Å². The van der Waals surface area contributed by atoms with E-state index in [2.05, 4.69) is 45.1 Å². The molecule has 4 heteroatoms. The predicted octanol–water partition coefficient (Wildman–Crippen LogP) is 6.41. The van der Waals surface area contributed by atoms with Crippen molar-refractivity contribution in [1.29, 1.82) is 0 Å². The molecule has 0 amide bonds. The molecule has 0 bridgehead atoms. The number of carbonyl (C=O) groups is 1. The number of ketones is 1. The molecular weight excluding hydrogens is 384 g/mol. The van der Waals surface area contributed by atoms with Gasteiger partial charge in [-0.25, -0.2) is 0 Å². The number of aliphatic imine (C=N–C) groups is 1. The van der Waals surface area contributed by atoms with E-state index in [1.165, 1.54) is 11.1 Å². The Labute approximate surface area is 183 Å². The number of carbonyl (C=O) groups excluding carboxylic acids is 1. The molecule has 2 aliphatic rings. The summed E-state index contributed by atoms with van der Waals surface area (Å²) in [6, 6.07) is 15.5. The molecule has 2 atom stereocenters. The first-order valence-corrected chi connectivity index (χ1v) is 10.9. The van der Waals surface area contributed by atoms with Crippen LogP contribution in [0, 0.1) is 25.2 Å². The Bertz CT molecular complexity index is 1260. The minimum Gasteiger partial charge on any atom is -0.508 e. The quantitative estimate of drug-likeness (QED) is 0.486. The van der Waals surface area contributed by atoms with Gasteiger partial charge in [-0.1, -0.05) is 44.2 Å². The van der Waals surface area contributed by atoms with E-state index in [1.54, 1.807) is 6.07 Å². The third-order valence-corrected chi connectivity index (χ3v) is 6.80. The van der Waals surface area contributed by atoms with Gasteiger partial charge >= 0.3 is 0 Å². The van der Waals surface area contributed by atoms with Crippen LogP contribution < -0.4 is 5.32 Å². The molecule has 4 nitrogen and oxygen atoms in total. The van der Waals surface area contributed by atoms with Gasteiger partial charge < -0.3 is 10.4 Å². The third-order valence-electron chi connectivity index (χ3n) is 6.80. The lowest BCUT2D eigenvalue weighted by molar-refractivity contribution is -0.124. The zero-order valence-electron chi connectivity index (χ0n) is 18.5. The fraction of sp³-hybridized carbons (Fsp3) is 0.333. The van der Waals surface area contributed by atoms with Gasteiger partial charge in [0, 0.05) is 17.7 Å². The van der Waals surface area contributed by atoms with Crippen LogP contribution in [-0.2, 0) is 4.79 Å². The molecule has 1 fully saturated rings. The monoisotopic (exact) mass is 412 g/mol. The normalized spacial score (nSPS) is 22.2. The smallest absolute Gasteiger partial charge is 0.144 e. The topological polar surface area (TPSA) is 61.7 Å². The Morgan fingerprint density at radius 3 is 2.58 bits per heavy atom. The summed E-state index contributed by atoms with van der Waals surface area (Å²) in [5.74, 6) is -0.0145. The lowest BCUT2D eigenvalue weighted by Crippen LogP contribution is -2.42. The largest absolute Gasteiger partial charge is 0.508 e. The summed E-state index contributed by atoms with van der Waals surface area (Å²) < 4.78 is 0. The molecule has 158 valence electrons. The van der Waals surface area contributed by atoms with Crippen molar-refractivity contribution in [1.82, 2.24) is 0 Å². The van der Waals surface area contributed by atoms with E-state index < -0.39 is 5.92 Å². The molecule has 2 unspecified atom stereocenters. The van der Waals surface area contributed by atoms with Crippen molar-refractivity contribution < 1.29 is 9.90 Å². The summed E-state index contributed by atoms with van der Waals surface area (Å²) in [6.07, 6.45) is 1.27. The van der Waals surface area contributed by atoms with Crippen LogP contribution in [0.5, 0.6) is 5.75 Å². The van der Waals surface area contributed by atoms with Crippen LogP contribution in [-0.4, -0.2) is 16.6 Å². The van der Waals surface area contributed by atoms with Crippen molar-refractivity contribution in [2.45, 2.75) is 46.6 Å². The number of phenols is 1. The highest BCUT2D eigenvalue weighted by atomic mass is 16.3. The van der Waals surface area contributed by atoms with E-state index in [0.29, 0.717) is 6.42 Å². The van der Waals surface area contributed by atoms with Gasteiger partial charge in [-0.15, -0.1) is 0 Å². The molecule has 3 aromatic rings. The zero-order valence-corrected chi connectivity index (χ0v) is 18.5. The van der Waals surface area contributed by atoms with Gasteiger partial charge in [0.05, 0.1) is 23.3 Å². The number of phenolic OH excluding ortho intramolecular Hbond substituents is 1. The summed E-state index contributed by atoms with van der Waals surface area (Å²) in [5, 5.41) is 16.6. The van der Waals surface area contributed by atoms with Crippen molar-refractivity contribution in [2.75, 3.05) is 5.32 Å². The molecular formula is C27H28N2O2. The van der Waals surface area contributed by atoms with E-state index in [0.717, 1.165) is 39.8 Å². The van der Waals surface area contributed by atoms with Crippen molar-refractivity contribution in [3.63, 3.8) is 0 Å². The molecule has 0 aromatic heterocycles. The van der Waals surface area contributed by atoms with Gasteiger partial charge in [0.2, 0.25) is 0 Å². The summed E-state index contributed by atoms with van der Waals surface area (Å²) in [6.45, 7) is 8.44. The standard InChI is InChI=1S/C27H28N2O2/c1-15-11-19-20(12-16(15)2)29-26(25-21(28-19)13-27(3,4)14-23(25)31)24-18-8-6-5-7-17(18)9-10-22(24)30/h5-12,25-26,29-30H,13-14H2,1-4H3. The van der Waals surface area contributed by atoms with Crippen molar-refractivity contribution >= 4 is 33.6 Å². The van der Waals surface area contributed by atoms with Gasteiger partial charge in [-0.05, 0) is 65.8 Å². The number of nitrogens with zero attached hydrogens (tertiary/aromatic N) is 1. The number of rotatable bonds is 1. The Kier molecular flexibility index (Phi) is 4.44. The van der Waals surface area contributed by atoms with E-state index >= 15 is 0 Å². The molecule has 0 radical (unpaired) electrons. The third kappa shape index (κ3) is 3.31. The fourth-order valence-corrected chi connectivity index (χ4v) is 5.18. The van der Waals surface area contributed by atoms with Crippen molar-refractivity contribution in [2.24, 2.45) is 16.3 Å². The van der Waals surface area contributed by atoms with Crippen molar-refractivity contribution in [3.8, 4) is 5.75 Å². The minimum absolute atomic E-state index is 0.123. The number of hydrogen-bond acceptors (Lipinski definition) is 4. The second-order valence-electron chi connectivity index (χ2n) is 9.86. The lowest BCUT2D eigenvalue weighted by atomic mass is 9.68. The highest BCUT2D eigenvalue weighted by molar-refractivity contribution is 6.11. The Morgan fingerprint density at radius 2 is 1.77 bits per heavy atom. The van der Waals surface area contributed by atoms with Crippen LogP contribution in [0.1, 0.15) is 49.4 Å². The first kappa shape index (κ1) is 19.8. The molecule has 5 rings (SSSR count). The highest BCUT2D eigenvalue weighted by Crippen LogP contribution is 2.48. The van der Waals surface area contributed by atoms with E-state index in [1.807, 2.05) is 30.3 Å². The Hall–Kier alpha value is -3.14. The molecule has 3 aromatic carbocycles. The molecule has 2 N–H and O–H groups in total. The number of aryl methyl sites for hydroxylation is 2. The molecule has 1 saturated carbocycles. The second-order valence-corrected chi connectivity index (χ2v) is 9.86. The van der Waals surface area contributed by atoms with Gasteiger partial charge in [-0.2, -0.15) is 0 Å². The van der Waals surface area contributed by atoms with Crippen LogP contribution in [0.4, 0.5) is 11.4 Å². The molecule has 0 saturated heterocycles. The summed E-state index contributed by atoms with van der Waals surface area (Å²) in [4.78, 5) is 18.6. The maximum Gasteiger partial charge on any atom is 0.144 e. The van der Waals surface area contributed by atoms with E-state index in [4.69, 9.17) is 4.99 Å². The van der Waals surface area contributed by atoms with Crippen LogP contribution in [0.3, 0.4) is 0 Å². The average Bonchev–Trinajstić information content (AvgIpc) is 2.83. The zero-order chi connectivity index (χ0) is 21.9. The predicted molar refractivity (Wildman–Crippen MR) is 126 cm³/mol. The van der Waals surface area contributed by atoms with E-state index in [9.17, 15) is 9.90 Å². The van der Waals surface area contributed by atoms with Crippen LogP contribution in [0.2, 0.25) is 0 Å². The maximum atomic E-state index is 13.5. The first-order valence-electron chi connectivity index (χ1n) is 10.9. The van der Waals surface area contributed by atoms with Gasteiger partial charge in [-0.3, -0.25) is 9.79 Å². The number of hydrogen-bond donors (Lipinski definition) is 2. The number of nitrogens with one attached hydrogen (secondary N) is 1. The van der Waals surface area contributed by atoms with Gasteiger partial charge in [0.1, 0.15) is 11.5 Å². The summed E-state index contributed by atoms with van der Waals surface area (Å²) >= 11 is 0. The van der Waals surface area contributed by atoms with Crippen LogP contribution >= 0.6 is 0 Å². The fourth-order valence-electron chi connectivity index (χ4n) is 5.18. The number of aromatic hydroxyl groups is 1. The average molecular weight is 413 g/mol. The highest BCUT2D eigenvalue weighted by Gasteiger charge is 2.45. The molecule has 31 heavy (non-hydrogen) atoms. The lowest BCUT2D eigenvalue weighted by Gasteiger charge is -2.38. The molecule has 1 aliphatic carbocycles.